The molecule has 4 aromatic rings. The minimum Gasteiger partial charge on any atom is -0.497 e. The van der Waals surface area contributed by atoms with Crippen LogP contribution in [0.1, 0.15) is 20.7 Å². The van der Waals surface area contributed by atoms with Gasteiger partial charge in [-0.1, -0.05) is 30.3 Å². The van der Waals surface area contributed by atoms with Crippen molar-refractivity contribution >= 4 is 11.8 Å². The maximum atomic E-state index is 13.9. The highest BCUT2D eigenvalue weighted by molar-refractivity contribution is 6.03. The van der Waals surface area contributed by atoms with Crippen LogP contribution in [0, 0.1) is 5.82 Å². The summed E-state index contributed by atoms with van der Waals surface area (Å²) in [6.07, 6.45) is 1.54. The molecule has 172 valence electrons. The van der Waals surface area contributed by atoms with Gasteiger partial charge < -0.3 is 9.47 Å². The molecule has 0 saturated heterocycles. The largest absolute Gasteiger partial charge is 0.497 e. The zero-order valence-corrected chi connectivity index (χ0v) is 18.4. The lowest BCUT2D eigenvalue weighted by Gasteiger charge is -2.11. The third kappa shape index (κ3) is 4.58. The number of carbonyl (C=O) groups is 2. The van der Waals surface area contributed by atoms with Crippen molar-refractivity contribution in [3.8, 4) is 28.4 Å². The first kappa shape index (κ1) is 22.5. The topological polar surface area (TPSA) is 94.5 Å². The average Bonchev–Trinajstić information content (AvgIpc) is 3.33. The molecule has 9 heteroatoms. The summed E-state index contributed by atoms with van der Waals surface area (Å²) in [6.45, 7) is 0. The van der Waals surface area contributed by atoms with E-state index in [4.69, 9.17) is 9.47 Å². The Morgan fingerprint density at radius 2 is 1.53 bits per heavy atom. The van der Waals surface area contributed by atoms with Gasteiger partial charge in [0.1, 0.15) is 23.0 Å². The number of aromatic nitrogens is 2. The quantitative estimate of drug-likeness (QED) is 0.427. The van der Waals surface area contributed by atoms with Crippen LogP contribution in [0.4, 0.5) is 4.39 Å². The van der Waals surface area contributed by atoms with Crippen molar-refractivity contribution in [2.24, 2.45) is 0 Å². The van der Waals surface area contributed by atoms with Gasteiger partial charge in [0, 0.05) is 11.8 Å². The Kier molecular flexibility index (Phi) is 6.54. The standard InChI is InChI=1S/C25H21FN4O4/c1-33-17-12-13-22(34-2)19(14-17)23-20(15-30(29-23)16-8-4-3-5-9-16)25(32)28-27-24(31)18-10-6-7-11-21(18)26/h3-15H,1-2H3,(H,27,31)(H,28,32). The zero-order chi connectivity index (χ0) is 24.1. The van der Waals surface area contributed by atoms with E-state index >= 15 is 0 Å². The Morgan fingerprint density at radius 3 is 2.21 bits per heavy atom. The number of carbonyl (C=O) groups excluding carboxylic acids is 2. The Bertz CT molecular complexity index is 1340. The van der Waals surface area contributed by atoms with E-state index in [1.54, 1.807) is 22.9 Å². The van der Waals surface area contributed by atoms with E-state index in [1.807, 2.05) is 30.3 Å². The highest BCUT2D eigenvalue weighted by Gasteiger charge is 2.23. The van der Waals surface area contributed by atoms with Crippen molar-refractivity contribution in [2.45, 2.75) is 0 Å². The molecule has 0 aliphatic carbocycles. The van der Waals surface area contributed by atoms with Crippen molar-refractivity contribution in [1.29, 1.82) is 0 Å². The van der Waals surface area contributed by atoms with Crippen LogP contribution in [0.15, 0.2) is 79.0 Å². The average molecular weight is 460 g/mol. The monoisotopic (exact) mass is 460 g/mol. The Hall–Kier alpha value is -4.66. The van der Waals surface area contributed by atoms with Crippen LogP contribution in [-0.2, 0) is 0 Å². The second kappa shape index (κ2) is 9.86. The summed E-state index contributed by atoms with van der Waals surface area (Å²) in [5.74, 6) is -1.12. The molecule has 0 aliphatic heterocycles. The molecule has 2 N–H and O–H groups in total. The molecule has 2 amide bonds. The lowest BCUT2D eigenvalue weighted by Crippen LogP contribution is -2.42. The first-order chi connectivity index (χ1) is 16.5. The number of halogens is 1. The highest BCUT2D eigenvalue weighted by atomic mass is 19.1. The second-order valence-corrected chi connectivity index (χ2v) is 7.13. The van der Waals surface area contributed by atoms with Gasteiger partial charge in [0.05, 0.1) is 31.0 Å². The SMILES string of the molecule is COc1ccc(OC)c(-c2nn(-c3ccccc3)cc2C(=O)NNC(=O)c2ccccc2F)c1. The van der Waals surface area contributed by atoms with Gasteiger partial charge in [-0.3, -0.25) is 20.4 Å². The van der Waals surface area contributed by atoms with Crippen LogP contribution in [-0.4, -0.2) is 35.8 Å². The molecule has 4 rings (SSSR count). The van der Waals surface area contributed by atoms with E-state index in [9.17, 15) is 14.0 Å². The van der Waals surface area contributed by atoms with Crippen molar-refractivity contribution in [1.82, 2.24) is 20.6 Å². The van der Waals surface area contributed by atoms with Gasteiger partial charge in [0.2, 0.25) is 0 Å². The number of hydrogen-bond acceptors (Lipinski definition) is 5. The Morgan fingerprint density at radius 1 is 0.853 bits per heavy atom. The summed E-state index contributed by atoms with van der Waals surface area (Å²) in [5, 5.41) is 4.60. The van der Waals surface area contributed by atoms with Gasteiger partial charge in [-0.05, 0) is 42.5 Å². The smallest absolute Gasteiger partial charge is 0.273 e. The third-order valence-corrected chi connectivity index (χ3v) is 5.05. The van der Waals surface area contributed by atoms with E-state index in [1.165, 1.54) is 38.6 Å². The number of para-hydroxylation sites is 1. The highest BCUT2D eigenvalue weighted by Crippen LogP contribution is 2.35. The fraction of sp³-hybridized carbons (Fsp3) is 0.0800. The first-order valence-corrected chi connectivity index (χ1v) is 10.2. The molecule has 0 fully saturated rings. The minimum atomic E-state index is -0.789. The maximum absolute atomic E-state index is 13.9. The van der Waals surface area contributed by atoms with Crippen molar-refractivity contribution < 1.29 is 23.5 Å². The number of nitrogens with zero attached hydrogens (tertiary/aromatic N) is 2. The molecule has 0 spiro atoms. The van der Waals surface area contributed by atoms with E-state index in [-0.39, 0.29) is 11.1 Å². The lowest BCUT2D eigenvalue weighted by atomic mass is 10.1. The number of amides is 2. The summed E-state index contributed by atoms with van der Waals surface area (Å²) < 4.78 is 26.2. The van der Waals surface area contributed by atoms with E-state index < -0.39 is 17.6 Å². The second-order valence-electron chi connectivity index (χ2n) is 7.13. The molecule has 0 unspecified atom stereocenters. The van der Waals surface area contributed by atoms with E-state index in [2.05, 4.69) is 16.0 Å². The zero-order valence-electron chi connectivity index (χ0n) is 18.4. The number of rotatable bonds is 6. The first-order valence-electron chi connectivity index (χ1n) is 10.2. The molecule has 0 aliphatic rings. The number of hydrazine groups is 1. The van der Waals surface area contributed by atoms with Crippen LogP contribution >= 0.6 is 0 Å². The van der Waals surface area contributed by atoms with Crippen LogP contribution in [0.2, 0.25) is 0 Å². The molecular weight excluding hydrogens is 439 g/mol. The van der Waals surface area contributed by atoms with Gasteiger partial charge in [-0.25, -0.2) is 9.07 Å². The number of methoxy groups -OCH3 is 2. The summed E-state index contributed by atoms with van der Waals surface area (Å²) in [5.41, 5.74) is 6.08. The number of hydrogen-bond donors (Lipinski definition) is 2. The molecule has 0 saturated carbocycles. The van der Waals surface area contributed by atoms with Crippen molar-refractivity contribution in [2.75, 3.05) is 14.2 Å². The molecule has 0 radical (unpaired) electrons. The number of nitrogens with one attached hydrogen (secondary N) is 2. The molecule has 34 heavy (non-hydrogen) atoms. The summed E-state index contributed by atoms with van der Waals surface area (Å²) >= 11 is 0. The van der Waals surface area contributed by atoms with Crippen LogP contribution in [0.5, 0.6) is 11.5 Å². The predicted octanol–water partition coefficient (Wildman–Crippen LogP) is 3.77. The Balaban J connectivity index is 1.71. The molecule has 8 nitrogen and oxygen atoms in total. The van der Waals surface area contributed by atoms with Gasteiger partial charge in [-0.15, -0.1) is 0 Å². The van der Waals surface area contributed by atoms with Crippen molar-refractivity contribution in [3.63, 3.8) is 0 Å². The maximum Gasteiger partial charge on any atom is 0.273 e. The van der Waals surface area contributed by atoms with Gasteiger partial charge in [-0.2, -0.15) is 5.10 Å². The van der Waals surface area contributed by atoms with Crippen LogP contribution in [0.25, 0.3) is 16.9 Å². The molecule has 0 atom stereocenters. The summed E-state index contributed by atoms with van der Waals surface area (Å²) in [4.78, 5) is 25.5. The predicted molar refractivity (Wildman–Crippen MR) is 123 cm³/mol. The molecular formula is C25H21FN4O4. The Labute approximate surface area is 194 Å². The summed E-state index contributed by atoms with van der Waals surface area (Å²) in [6, 6.07) is 19.8. The third-order valence-electron chi connectivity index (χ3n) is 5.05. The normalized spacial score (nSPS) is 10.4. The van der Waals surface area contributed by atoms with E-state index in [0.717, 1.165) is 11.8 Å². The number of benzene rings is 3. The number of ether oxygens (including phenoxy) is 2. The fourth-order valence-corrected chi connectivity index (χ4v) is 3.34. The minimum absolute atomic E-state index is 0.157. The molecule has 1 aromatic heterocycles. The summed E-state index contributed by atoms with van der Waals surface area (Å²) in [7, 11) is 3.04. The lowest BCUT2D eigenvalue weighted by molar-refractivity contribution is 0.0844. The molecule has 3 aromatic carbocycles. The van der Waals surface area contributed by atoms with E-state index in [0.29, 0.717) is 22.8 Å². The van der Waals surface area contributed by atoms with Gasteiger partial charge >= 0.3 is 0 Å². The van der Waals surface area contributed by atoms with Crippen molar-refractivity contribution in [3.05, 3.63) is 95.9 Å². The fourth-order valence-electron chi connectivity index (χ4n) is 3.34. The van der Waals surface area contributed by atoms with Crippen LogP contribution < -0.4 is 20.3 Å². The molecule has 0 bridgehead atoms. The van der Waals surface area contributed by atoms with Crippen LogP contribution in [0.3, 0.4) is 0 Å². The molecule has 1 heterocycles. The van der Waals surface area contributed by atoms with Gasteiger partial charge in [0.15, 0.2) is 0 Å². The van der Waals surface area contributed by atoms with Gasteiger partial charge in [0.25, 0.3) is 11.8 Å².